The molecule has 0 aromatic carbocycles. The highest BCUT2D eigenvalue weighted by molar-refractivity contribution is 5.54. The molecule has 0 saturated carbocycles. The quantitative estimate of drug-likeness (QED) is 0.611. The Morgan fingerprint density at radius 1 is 1.07 bits per heavy atom. The van der Waals surface area contributed by atoms with Crippen LogP contribution in [0.1, 0.15) is 51.1 Å². The number of nitrogens with zero attached hydrogens (tertiary/aromatic N) is 1. The summed E-state index contributed by atoms with van der Waals surface area (Å²) in [5.74, 6) is 0. The van der Waals surface area contributed by atoms with Crippen molar-refractivity contribution in [3.63, 3.8) is 0 Å². The molecule has 0 spiro atoms. The summed E-state index contributed by atoms with van der Waals surface area (Å²) in [5.41, 5.74) is 3.67. The first-order valence-corrected chi connectivity index (χ1v) is 5.99. The fraction of sp³-hybridized carbons (Fsp3) is 0.500. The molecule has 1 nitrogen and oxygen atoms in total. The van der Waals surface area contributed by atoms with Crippen LogP contribution in [0.3, 0.4) is 0 Å². The molecule has 0 amide bonds. The second kappa shape index (κ2) is 8.22. The summed E-state index contributed by atoms with van der Waals surface area (Å²) in [7, 11) is 0. The summed E-state index contributed by atoms with van der Waals surface area (Å²) >= 11 is 0. The van der Waals surface area contributed by atoms with Crippen LogP contribution in [0.2, 0.25) is 0 Å². The van der Waals surface area contributed by atoms with Gasteiger partial charge in [-0.1, -0.05) is 45.9 Å². The van der Waals surface area contributed by atoms with Crippen LogP contribution in [-0.4, -0.2) is 4.98 Å². The van der Waals surface area contributed by atoms with E-state index in [4.69, 9.17) is 0 Å². The summed E-state index contributed by atoms with van der Waals surface area (Å²) < 4.78 is 0. The average molecular weight is 205 g/mol. The van der Waals surface area contributed by atoms with Crippen LogP contribution in [0.4, 0.5) is 0 Å². The summed E-state index contributed by atoms with van der Waals surface area (Å²) in [6.07, 6.45) is 6.61. The monoisotopic (exact) mass is 205 g/mol. The Bertz CT molecular complexity index is 300. The molecule has 0 atom stereocenters. The lowest BCUT2D eigenvalue weighted by molar-refractivity contribution is 0.913. The Morgan fingerprint density at radius 2 is 1.73 bits per heavy atom. The summed E-state index contributed by atoms with van der Waals surface area (Å²) in [6, 6.07) is 4.21. The Morgan fingerprint density at radius 3 is 2.40 bits per heavy atom. The molecule has 0 aliphatic heterocycles. The van der Waals surface area contributed by atoms with E-state index in [2.05, 4.69) is 29.3 Å². The van der Waals surface area contributed by atoms with Crippen LogP contribution in [0, 0.1) is 6.92 Å². The molecule has 0 N–H and O–H groups in total. The predicted octanol–water partition coefficient (Wildman–Crippen LogP) is 4.40. The van der Waals surface area contributed by atoms with Crippen molar-refractivity contribution in [1.29, 1.82) is 0 Å². The predicted molar refractivity (Wildman–Crippen MR) is 69.0 cm³/mol. The third-order valence-corrected chi connectivity index (χ3v) is 1.99. The van der Waals surface area contributed by atoms with Crippen molar-refractivity contribution in [2.24, 2.45) is 0 Å². The smallest absolute Gasteiger partial charge is 0.0482 e. The van der Waals surface area contributed by atoms with Crippen molar-refractivity contribution in [2.75, 3.05) is 0 Å². The highest BCUT2D eigenvalue weighted by Gasteiger charge is 2.04. The van der Waals surface area contributed by atoms with Gasteiger partial charge in [-0.25, -0.2) is 0 Å². The SMILES string of the molecule is CC.CC.Cc1ccc2c(n1)CCC=C2. The van der Waals surface area contributed by atoms with Crippen molar-refractivity contribution >= 4 is 6.08 Å². The minimum Gasteiger partial charge on any atom is -0.258 e. The molecular formula is C14H23N. The molecule has 0 saturated heterocycles. The third-order valence-electron chi connectivity index (χ3n) is 1.99. The van der Waals surface area contributed by atoms with Gasteiger partial charge in [-0.15, -0.1) is 0 Å². The van der Waals surface area contributed by atoms with E-state index in [0.717, 1.165) is 18.5 Å². The van der Waals surface area contributed by atoms with Crippen molar-refractivity contribution < 1.29 is 0 Å². The number of hydrogen-bond donors (Lipinski definition) is 0. The van der Waals surface area contributed by atoms with E-state index in [0.29, 0.717) is 0 Å². The van der Waals surface area contributed by atoms with Gasteiger partial charge in [-0.2, -0.15) is 0 Å². The number of hydrogen-bond acceptors (Lipinski definition) is 1. The van der Waals surface area contributed by atoms with Crippen molar-refractivity contribution in [1.82, 2.24) is 4.98 Å². The molecule has 1 heterocycles. The van der Waals surface area contributed by atoms with Gasteiger partial charge in [0.1, 0.15) is 0 Å². The minimum absolute atomic E-state index is 1.10. The standard InChI is InChI=1S/C10H11N.2C2H6/c1-8-6-7-9-4-2-3-5-10(9)11-8;2*1-2/h2,4,6-7H,3,5H2,1H3;2*1-2H3. The van der Waals surface area contributed by atoms with Gasteiger partial charge in [0, 0.05) is 11.4 Å². The first-order valence-electron chi connectivity index (χ1n) is 5.99. The Labute approximate surface area is 94.3 Å². The number of fused-ring (bicyclic) bond motifs is 1. The van der Waals surface area contributed by atoms with E-state index in [9.17, 15) is 0 Å². The van der Waals surface area contributed by atoms with Gasteiger partial charge >= 0.3 is 0 Å². The van der Waals surface area contributed by atoms with Crippen LogP contribution in [0.5, 0.6) is 0 Å². The highest BCUT2D eigenvalue weighted by atomic mass is 14.7. The van der Waals surface area contributed by atoms with Gasteiger partial charge in [0.2, 0.25) is 0 Å². The Balaban J connectivity index is 0.000000442. The molecule has 0 unspecified atom stereocenters. The second-order valence-corrected chi connectivity index (χ2v) is 2.93. The molecule has 1 aliphatic carbocycles. The van der Waals surface area contributed by atoms with Crippen LogP contribution in [0.25, 0.3) is 6.08 Å². The molecule has 1 aliphatic rings. The molecule has 0 fully saturated rings. The maximum Gasteiger partial charge on any atom is 0.0482 e. The molecule has 2 rings (SSSR count). The molecular weight excluding hydrogens is 182 g/mol. The van der Waals surface area contributed by atoms with E-state index in [1.807, 2.05) is 34.6 Å². The highest BCUT2D eigenvalue weighted by Crippen LogP contribution is 2.16. The average Bonchev–Trinajstić information content (AvgIpc) is 2.34. The van der Waals surface area contributed by atoms with Gasteiger partial charge in [0.15, 0.2) is 0 Å². The lowest BCUT2D eigenvalue weighted by Crippen LogP contribution is -1.98. The first-order chi connectivity index (χ1) is 7.36. The number of aryl methyl sites for hydroxylation is 2. The maximum atomic E-state index is 4.46. The van der Waals surface area contributed by atoms with E-state index in [1.54, 1.807) is 0 Å². The van der Waals surface area contributed by atoms with Crippen LogP contribution in [-0.2, 0) is 6.42 Å². The van der Waals surface area contributed by atoms with Crippen molar-refractivity contribution in [2.45, 2.75) is 47.5 Å². The number of pyridine rings is 1. The van der Waals surface area contributed by atoms with Gasteiger partial charge in [-0.3, -0.25) is 4.98 Å². The van der Waals surface area contributed by atoms with E-state index < -0.39 is 0 Å². The second-order valence-electron chi connectivity index (χ2n) is 2.93. The summed E-state index contributed by atoms with van der Waals surface area (Å²) in [5, 5.41) is 0. The fourth-order valence-electron chi connectivity index (χ4n) is 1.40. The van der Waals surface area contributed by atoms with Gasteiger partial charge in [0.05, 0.1) is 0 Å². The van der Waals surface area contributed by atoms with E-state index in [-0.39, 0.29) is 0 Å². The lowest BCUT2D eigenvalue weighted by Gasteiger charge is -2.08. The fourth-order valence-corrected chi connectivity index (χ4v) is 1.40. The molecule has 1 heteroatoms. The van der Waals surface area contributed by atoms with Crippen LogP contribution in [0.15, 0.2) is 18.2 Å². The number of rotatable bonds is 0. The molecule has 0 bridgehead atoms. The summed E-state index contributed by atoms with van der Waals surface area (Å²) in [4.78, 5) is 4.46. The van der Waals surface area contributed by atoms with Gasteiger partial charge in [-0.05, 0) is 31.4 Å². The van der Waals surface area contributed by atoms with Gasteiger partial charge in [0.25, 0.3) is 0 Å². The molecule has 0 radical (unpaired) electrons. The molecule has 15 heavy (non-hydrogen) atoms. The van der Waals surface area contributed by atoms with E-state index >= 15 is 0 Å². The van der Waals surface area contributed by atoms with Crippen LogP contribution < -0.4 is 0 Å². The minimum atomic E-state index is 1.10. The molecule has 1 aromatic rings. The van der Waals surface area contributed by atoms with Crippen LogP contribution >= 0.6 is 0 Å². The zero-order chi connectivity index (χ0) is 11.7. The largest absolute Gasteiger partial charge is 0.258 e. The van der Waals surface area contributed by atoms with E-state index in [1.165, 1.54) is 11.3 Å². The topological polar surface area (TPSA) is 12.9 Å². The van der Waals surface area contributed by atoms with Gasteiger partial charge < -0.3 is 0 Å². The zero-order valence-corrected chi connectivity index (χ0v) is 10.7. The van der Waals surface area contributed by atoms with Crippen molar-refractivity contribution in [3.05, 3.63) is 35.2 Å². The summed E-state index contributed by atoms with van der Waals surface area (Å²) in [6.45, 7) is 10.0. The lowest BCUT2D eigenvalue weighted by atomic mass is 10.0. The van der Waals surface area contributed by atoms with Crippen molar-refractivity contribution in [3.8, 4) is 0 Å². The zero-order valence-electron chi connectivity index (χ0n) is 10.7. The third kappa shape index (κ3) is 4.28. The Kier molecular flexibility index (Phi) is 7.61. The maximum absolute atomic E-state index is 4.46. The Hall–Kier alpha value is -1.11. The normalized spacial score (nSPS) is 11.5. The number of allylic oxidation sites excluding steroid dienone is 1. The number of aromatic nitrogens is 1. The first kappa shape index (κ1) is 13.9. The molecule has 1 aromatic heterocycles. The molecule has 84 valence electrons.